The summed E-state index contributed by atoms with van der Waals surface area (Å²) in [5.41, 5.74) is 0. The summed E-state index contributed by atoms with van der Waals surface area (Å²) < 4.78 is 0. The molecule has 6 nitrogen and oxygen atoms in total. The molecule has 4 N–H and O–H groups in total. The van der Waals surface area contributed by atoms with E-state index in [0.29, 0.717) is 0 Å². The molecule has 0 aromatic rings. The second kappa shape index (κ2) is 16.4. The summed E-state index contributed by atoms with van der Waals surface area (Å²) in [4.78, 5) is 17.9. The zero-order chi connectivity index (χ0) is 10.6. The molecule has 0 aromatic heterocycles. The molecule has 0 amide bonds. The second-order valence-corrected chi connectivity index (χ2v) is 1.73. The van der Waals surface area contributed by atoms with E-state index in [0.717, 1.165) is 0 Å². The first-order valence-electron chi connectivity index (χ1n) is 3.38. The van der Waals surface area contributed by atoms with Crippen molar-refractivity contribution in [2.24, 2.45) is 0 Å². The fraction of sp³-hybridized carbons (Fsp3) is 0.667. The highest BCUT2D eigenvalue weighted by Gasteiger charge is 1.74. The first kappa shape index (κ1) is 17.1. The number of carbonyl (C=O) groups excluding carboxylic acids is 2. The molecule has 74 valence electrons. The van der Waals surface area contributed by atoms with Crippen molar-refractivity contribution in [3.05, 3.63) is 0 Å². The number of nitrogens with two attached hydrogens (primary N) is 2. The molecule has 0 bridgehead atoms. The smallest absolute Gasteiger partial charge is 0.0870 e. The first-order valence-corrected chi connectivity index (χ1v) is 3.38. The summed E-state index contributed by atoms with van der Waals surface area (Å²) in [6.07, 6.45) is 0. The van der Waals surface area contributed by atoms with Crippen molar-refractivity contribution in [2.45, 2.75) is 0 Å². The molecule has 0 aliphatic rings. The van der Waals surface area contributed by atoms with Crippen molar-refractivity contribution in [1.29, 1.82) is 0 Å². The van der Waals surface area contributed by atoms with Crippen molar-refractivity contribution < 1.29 is 30.4 Å². The van der Waals surface area contributed by atoms with Crippen LogP contribution in [0.15, 0.2) is 0 Å². The predicted molar refractivity (Wildman–Crippen MR) is 37.6 cm³/mol. The molecule has 0 aliphatic carbocycles. The van der Waals surface area contributed by atoms with Gasteiger partial charge < -0.3 is 30.4 Å². The third-order valence-electron chi connectivity index (χ3n) is 0.167. The number of hydrogen-bond acceptors (Lipinski definition) is 4. The van der Waals surface area contributed by atoms with Crippen LogP contribution in [0.25, 0.3) is 0 Å². The van der Waals surface area contributed by atoms with Crippen molar-refractivity contribution in [1.82, 2.24) is 0 Å². The highest BCUT2D eigenvalue weighted by atomic mass is 16.4. The van der Waals surface area contributed by atoms with Crippen molar-refractivity contribution in [3.8, 4) is 0 Å². The van der Waals surface area contributed by atoms with Gasteiger partial charge in [0.2, 0.25) is 0 Å². The number of carboxylic acid groups (broad SMARTS) is 2. The van der Waals surface area contributed by atoms with Gasteiger partial charge in [0.05, 0.1) is 40.1 Å². The first-order chi connectivity index (χ1) is 5.47. The zero-order valence-corrected chi connectivity index (χ0v) is 7.79. The molecule has 0 atom stereocenters. The highest BCUT2D eigenvalue weighted by molar-refractivity contribution is 6.25. The molecule has 0 saturated carbocycles. The molecule has 0 saturated heterocycles. The van der Waals surface area contributed by atoms with Gasteiger partial charge in [-0.1, -0.05) is 0 Å². The maximum absolute atomic E-state index is 8.93. The Morgan fingerprint density at radius 2 is 0.917 bits per heavy atom. The average molecular weight is 180 g/mol. The van der Waals surface area contributed by atoms with Gasteiger partial charge in [0.25, 0.3) is 0 Å². The van der Waals surface area contributed by atoms with Crippen LogP contribution in [-0.4, -0.2) is 40.1 Å². The Bertz CT molecular complexity index is 102. The summed E-state index contributed by atoms with van der Waals surface area (Å²) in [6.45, 7) is 0. The number of rotatable bonds is 0. The van der Waals surface area contributed by atoms with E-state index in [-0.39, 0.29) is 0 Å². The average Bonchev–Trinajstić information content (AvgIpc) is 1.90. The molecule has 0 aliphatic heterocycles. The van der Waals surface area contributed by atoms with E-state index < -0.39 is 11.9 Å². The molecule has 0 radical (unpaired) electrons. The molecule has 0 rings (SSSR count). The summed E-state index contributed by atoms with van der Waals surface area (Å²) in [5.74, 6) is -4.37. The standard InChI is InChI=1S/2C2H7N.C2H2O4/c2*1-3-2;3-1(4)2(5)6/h2*3H,1-2H3;(H,3,4)(H,5,6). The van der Waals surface area contributed by atoms with Gasteiger partial charge in [-0.15, -0.1) is 0 Å². The lowest BCUT2D eigenvalue weighted by Crippen LogP contribution is -2.74. The fourth-order valence-electron chi connectivity index (χ4n) is 0. The minimum atomic E-state index is -2.19. The van der Waals surface area contributed by atoms with Crippen LogP contribution in [0.2, 0.25) is 0 Å². The van der Waals surface area contributed by atoms with Gasteiger partial charge in [-0.3, -0.25) is 0 Å². The Morgan fingerprint density at radius 3 is 0.917 bits per heavy atom. The minimum absolute atomic E-state index is 2.00. The fourth-order valence-corrected chi connectivity index (χ4v) is 0. The quantitative estimate of drug-likeness (QED) is 0.361. The summed E-state index contributed by atoms with van der Waals surface area (Å²) >= 11 is 0. The number of aliphatic carboxylic acids is 2. The van der Waals surface area contributed by atoms with Gasteiger partial charge >= 0.3 is 0 Å². The van der Waals surface area contributed by atoms with E-state index in [1.165, 1.54) is 0 Å². The third-order valence-corrected chi connectivity index (χ3v) is 0.167. The van der Waals surface area contributed by atoms with Crippen LogP contribution >= 0.6 is 0 Å². The Hall–Kier alpha value is -1.14. The lowest BCUT2D eigenvalue weighted by atomic mass is 10.7. The molecule has 0 unspecified atom stereocenters. The van der Waals surface area contributed by atoms with Crippen LogP contribution in [-0.2, 0) is 9.59 Å². The Kier molecular flexibility index (Phi) is 23.4. The Balaban J connectivity index is -0.000000115. The highest BCUT2D eigenvalue weighted by Crippen LogP contribution is 1.41. The lowest BCUT2D eigenvalue weighted by molar-refractivity contribution is -0.597. The molecular weight excluding hydrogens is 164 g/mol. The molecular formula is C6H16N2O4. The topological polar surface area (TPSA) is 113 Å². The second-order valence-electron chi connectivity index (χ2n) is 1.73. The van der Waals surface area contributed by atoms with E-state index in [1.54, 1.807) is 0 Å². The van der Waals surface area contributed by atoms with Crippen LogP contribution in [0.4, 0.5) is 0 Å². The third kappa shape index (κ3) is 66.9. The van der Waals surface area contributed by atoms with Crippen LogP contribution in [0.3, 0.4) is 0 Å². The van der Waals surface area contributed by atoms with Crippen molar-refractivity contribution in [2.75, 3.05) is 28.2 Å². The van der Waals surface area contributed by atoms with Crippen molar-refractivity contribution >= 4 is 11.9 Å². The molecule has 12 heavy (non-hydrogen) atoms. The van der Waals surface area contributed by atoms with E-state index in [1.807, 2.05) is 38.8 Å². The number of hydrogen-bond donors (Lipinski definition) is 2. The predicted octanol–water partition coefficient (Wildman–Crippen LogP) is -5.89. The van der Waals surface area contributed by atoms with Crippen LogP contribution in [0.5, 0.6) is 0 Å². The largest absolute Gasteiger partial charge is 0.543 e. The minimum Gasteiger partial charge on any atom is -0.543 e. The molecule has 0 spiro atoms. The maximum Gasteiger partial charge on any atom is 0.0870 e. The van der Waals surface area contributed by atoms with Crippen LogP contribution in [0.1, 0.15) is 0 Å². The van der Waals surface area contributed by atoms with Gasteiger partial charge in [0.15, 0.2) is 0 Å². The van der Waals surface area contributed by atoms with Crippen molar-refractivity contribution in [3.63, 3.8) is 0 Å². The van der Waals surface area contributed by atoms with Gasteiger partial charge in [-0.2, -0.15) is 0 Å². The number of carboxylic acids is 2. The SMILES string of the molecule is C[NH2+]C.C[NH2+]C.O=C([O-])C(=O)[O-]. The molecule has 0 heterocycles. The summed E-state index contributed by atoms with van der Waals surface area (Å²) in [7, 11) is 8.00. The van der Waals surface area contributed by atoms with Gasteiger partial charge in [-0.05, 0) is 0 Å². The number of quaternary nitrogens is 2. The Labute approximate surface area is 71.6 Å². The zero-order valence-electron chi connectivity index (χ0n) is 7.79. The maximum atomic E-state index is 8.93. The molecule has 0 aromatic carbocycles. The molecule has 6 heteroatoms. The number of carbonyl (C=O) groups is 2. The van der Waals surface area contributed by atoms with Gasteiger partial charge in [0, 0.05) is 0 Å². The van der Waals surface area contributed by atoms with E-state index in [4.69, 9.17) is 19.8 Å². The lowest BCUT2D eigenvalue weighted by Gasteiger charge is -1.97. The van der Waals surface area contributed by atoms with Gasteiger partial charge in [0.1, 0.15) is 0 Å². The Morgan fingerprint density at radius 1 is 0.833 bits per heavy atom. The van der Waals surface area contributed by atoms with E-state index in [2.05, 4.69) is 0 Å². The van der Waals surface area contributed by atoms with Gasteiger partial charge in [-0.25, -0.2) is 0 Å². The van der Waals surface area contributed by atoms with Crippen LogP contribution < -0.4 is 20.8 Å². The normalized spacial score (nSPS) is 6.67. The van der Waals surface area contributed by atoms with E-state index >= 15 is 0 Å². The summed E-state index contributed by atoms with van der Waals surface area (Å²) in [5, 5.41) is 21.9. The van der Waals surface area contributed by atoms with E-state index in [9.17, 15) is 0 Å². The molecule has 0 fully saturated rings. The monoisotopic (exact) mass is 180 g/mol. The summed E-state index contributed by atoms with van der Waals surface area (Å²) in [6, 6.07) is 0. The van der Waals surface area contributed by atoms with Crippen LogP contribution in [0, 0.1) is 0 Å².